The zero-order valence-electron chi connectivity index (χ0n) is 14.2. The van der Waals surface area contributed by atoms with E-state index in [1.54, 1.807) is 6.26 Å². The summed E-state index contributed by atoms with van der Waals surface area (Å²) in [5.41, 5.74) is 6.41. The van der Waals surface area contributed by atoms with Crippen molar-refractivity contribution in [1.29, 1.82) is 0 Å². The molecule has 25 heavy (non-hydrogen) atoms. The van der Waals surface area contributed by atoms with E-state index in [4.69, 9.17) is 10.2 Å². The third-order valence-corrected chi connectivity index (χ3v) is 5.43. The maximum atomic E-state index is 12.6. The summed E-state index contributed by atoms with van der Waals surface area (Å²) in [5.74, 6) is 1.42. The number of nitrogens with two attached hydrogens (primary N) is 1. The number of nitrogens with zero attached hydrogens (tertiary/aromatic N) is 4. The molecule has 0 aromatic carbocycles. The van der Waals surface area contributed by atoms with Crippen LogP contribution in [-0.2, 0) is 24.4 Å². The maximum absolute atomic E-state index is 12.6. The number of piperidine rings is 3. The first-order valence-corrected chi connectivity index (χ1v) is 8.86. The number of carbonyl (C=O) groups is 1. The van der Waals surface area contributed by atoms with Crippen LogP contribution in [0.15, 0.2) is 29.0 Å². The van der Waals surface area contributed by atoms with Gasteiger partial charge in [-0.15, -0.1) is 5.10 Å². The van der Waals surface area contributed by atoms with Crippen LogP contribution in [0.3, 0.4) is 0 Å². The second-order valence-electron chi connectivity index (χ2n) is 6.97. The minimum Gasteiger partial charge on any atom is -0.467 e. The van der Waals surface area contributed by atoms with Crippen molar-refractivity contribution in [3.05, 3.63) is 36.0 Å². The lowest BCUT2D eigenvalue weighted by molar-refractivity contribution is -0.133. The topological polar surface area (TPSA) is 102 Å². The zero-order valence-corrected chi connectivity index (χ0v) is 14.2. The first kappa shape index (κ1) is 16.3. The van der Waals surface area contributed by atoms with Gasteiger partial charge in [0, 0.05) is 25.3 Å². The van der Waals surface area contributed by atoms with Crippen molar-refractivity contribution in [2.24, 2.45) is 17.6 Å². The van der Waals surface area contributed by atoms with Gasteiger partial charge in [0.25, 0.3) is 0 Å². The molecule has 2 bridgehead atoms. The molecule has 2 aromatic heterocycles. The zero-order chi connectivity index (χ0) is 17.2. The van der Waals surface area contributed by atoms with Crippen LogP contribution in [0.2, 0.25) is 0 Å². The standard InChI is InChI=1S/C17H24N6O2/c18-7-13-9-23(21-20-13)10-14-6-12-3-4-22(14)11-16(12)17(24)19-8-15-2-1-5-25-15/h1-2,5,9,12,14,16H,3-4,6-8,10-11,18H2,(H,19,24)/t12-,14-,16-/m1/s1. The minimum absolute atomic E-state index is 0.0651. The number of aromatic nitrogens is 3. The first-order valence-electron chi connectivity index (χ1n) is 8.86. The van der Waals surface area contributed by atoms with Gasteiger partial charge < -0.3 is 15.5 Å². The molecule has 4 atom stereocenters. The molecule has 0 radical (unpaired) electrons. The molecule has 1 amide bonds. The van der Waals surface area contributed by atoms with Gasteiger partial charge in [0.2, 0.25) is 5.91 Å². The van der Waals surface area contributed by atoms with Crippen molar-refractivity contribution < 1.29 is 9.21 Å². The van der Waals surface area contributed by atoms with Gasteiger partial charge in [-0.2, -0.15) is 0 Å². The van der Waals surface area contributed by atoms with Gasteiger partial charge in [-0.1, -0.05) is 5.21 Å². The summed E-state index contributed by atoms with van der Waals surface area (Å²) in [5, 5.41) is 11.2. The highest BCUT2D eigenvalue weighted by molar-refractivity contribution is 5.79. The van der Waals surface area contributed by atoms with Gasteiger partial charge >= 0.3 is 0 Å². The van der Waals surface area contributed by atoms with Gasteiger partial charge in [-0.25, -0.2) is 0 Å². The molecule has 3 fully saturated rings. The maximum Gasteiger partial charge on any atom is 0.225 e. The van der Waals surface area contributed by atoms with Crippen LogP contribution in [0.5, 0.6) is 0 Å². The second-order valence-corrected chi connectivity index (χ2v) is 6.97. The molecule has 0 spiro atoms. The molecule has 5 heterocycles. The average molecular weight is 344 g/mol. The molecule has 0 aliphatic carbocycles. The normalized spacial score (nSPS) is 28.2. The Bertz CT molecular complexity index is 713. The Balaban J connectivity index is 1.34. The highest BCUT2D eigenvalue weighted by Crippen LogP contribution is 2.36. The SMILES string of the molecule is NCc1cn(C[C@H]2C[C@H]3CCN2C[C@H]3C(=O)NCc2ccco2)nn1. The van der Waals surface area contributed by atoms with E-state index in [2.05, 4.69) is 20.5 Å². The lowest BCUT2D eigenvalue weighted by atomic mass is 9.75. The number of fused-ring (bicyclic) bond motifs is 3. The number of amides is 1. The summed E-state index contributed by atoms with van der Waals surface area (Å²) in [6, 6.07) is 4.13. The third kappa shape index (κ3) is 3.45. The molecule has 3 aliphatic heterocycles. The fourth-order valence-corrected chi connectivity index (χ4v) is 4.08. The van der Waals surface area contributed by atoms with E-state index in [9.17, 15) is 4.79 Å². The Morgan fingerprint density at radius 2 is 2.40 bits per heavy atom. The second kappa shape index (κ2) is 6.97. The summed E-state index contributed by atoms with van der Waals surface area (Å²) in [7, 11) is 0. The molecule has 0 saturated carbocycles. The third-order valence-electron chi connectivity index (χ3n) is 5.43. The fraction of sp³-hybridized carbons (Fsp3) is 0.588. The van der Waals surface area contributed by atoms with Gasteiger partial charge in [0.05, 0.1) is 31.0 Å². The Morgan fingerprint density at radius 1 is 1.48 bits per heavy atom. The largest absolute Gasteiger partial charge is 0.467 e. The molecule has 8 nitrogen and oxygen atoms in total. The monoisotopic (exact) mass is 344 g/mol. The molecule has 3 N–H and O–H groups in total. The van der Waals surface area contributed by atoms with Crippen molar-refractivity contribution in [3.63, 3.8) is 0 Å². The predicted molar refractivity (Wildman–Crippen MR) is 90.0 cm³/mol. The number of hydrogen-bond acceptors (Lipinski definition) is 6. The summed E-state index contributed by atoms with van der Waals surface area (Å²) in [6.07, 6.45) is 5.65. The molecule has 2 aromatic rings. The van der Waals surface area contributed by atoms with Crippen molar-refractivity contribution in [1.82, 2.24) is 25.2 Å². The lowest BCUT2D eigenvalue weighted by Crippen LogP contribution is -2.57. The van der Waals surface area contributed by atoms with E-state index in [-0.39, 0.29) is 11.8 Å². The summed E-state index contributed by atoms with van der Waals surface area (Å²) in [6.45, 7) is 3.55. The Labute approximate surface area is 146 Å². The predicted octanol–water partition coefficient (Wildman–Crippen LogP) is 0.357. The van der Waals surface area contributed by atoms with Crippen molar-refractivity contribution >= 4 is 5.91 Å². The quantitative estimate of drug-likeness (QED) is 0.784. The highest BCUT2D eigenvalue weighted by Gasteiger charge is 2.43. The van der Waals surface area contributed by atoms with Gasteiger partial charge in [0.1, 0.15) is 5.76 Å². The Kier molecular flexibility index (Phi) is 4.54. The van der Waals surface area contributed by atoms with Gasteiger partial charge in [0.15, 0.2) is 0 Å². The van der Waals surface area contributed by atoms with Crippen LogP contribution in [0.25, 0.3) is 0 Å². The number of carbonyl (C=O) groups excluding carboxylic acids is 1. The van der Waals surface area contributed by atoms with E-state index in [0.717, 1.165) is 43.9 Å². The molecule has 3 aliphatic rings. The lowest BCUT2D eigenvalue weighted by Gasteiger charge is -2.49. The van der Waals surface area contributed by atoms with Crippen LogP contribution >= 0.6 is 0 Å². The van der Waals surface area contributed by atoms with Crippen molar-refractivity contribution in [2.45, 2.75) is 38.5 Å². The van der Waals surface area contributed by atoms with Gasteiger partial charge in [-0.05, 0) is 37.4 Å². The fourth-order valence-electron chi connectivity index (χ4n) is 4.08. The van der Waals surface area contributed by atoms with E-state index < -0.39 is 0 Å². The molecule has 5 rings (SSSR count). The van der Waals surface area contributed by atoms with Gasteiger partial charge in [-0.3, -0.25) is 14.4 Å². The molecule has 134 valence electrons. The molecule has 8 heteroatoms. The van der Waals surface area contributed by atoms with Crippen LogP contribution in [0.1, 0.15) is 24.3 Å². The smallest absolute Gasteiger partial charge is 0.225 e. The first-order chi connectivity index (χ1) is 12.2. The number of furan rings is 1. The Hall–Kier alpha value is -2.19. The van der Waals surface area contributed by atoms with E-state index in [0.29, 0.717) is 25.0 Å². The summed E-state index contributed by atoms with van der Waals surface area (Å²) in [4.78, 5) is 15.0. The van der Waals surface area contributed by atoms with E-state index >= 15 is 0 Å². The average Bonchev–Trinajstić information content (AvgIpc) is 3.32. The molecular formula is C17H24N6O2. The molecule has 3 saturated heterocycles. The Morgan fingerprint density at radius 3 is 3.08 bits per heavy atom. The van der Waals surface area contributed by atoms with Crippen LogP contribution in [0, 0.1) is 11.8 Å². The van der Waals surface area contributed by atoms with Crippen LogP contribution in [0.4, 0.5) is 0 Å². The molecule has 1 unspecified atom stereocenters. The summed E-state index contributed by atoms with van der Waals surface area (Å²) < 4.78 is 7.15. The van der Waals surface area contributed by atoms with Crippen molar-refractivity contribution in [2.75, 3.05) is 13.1 Å². The number of nitrogens with one attached hydrogen (secondary N) is 1. The summed E-state index contributed by atoms with van der Waals surface area (Å²) >= 11 is 0. The number of hydrogen-bond donors (Lipinski definition) is 2. The minimum atomic E-state index is 0.0651. The van der Waals surface area contributed by atoms with Crippen LogP contribution < -0.4 is 11.1 Å². The van der Waals surface area contributed by atoms with Crippen LogP contribution in [-0.4, -0.2) is 44.9 Å². The highest BCUT2D eigenvalue weighted by atomic mass is 16.3. The van der Waals surface area contributed by atoms with E-state index in [1.165, 1.54) is 0 Å². The molecular weight excluding hydrogens is 320 g/mol. The number of rotatable bonds is 6. The van der Waals surface area contributed by atoms with Crippen molar-refractivity contribution in [3.8, 4) is 0 Å². The van der Waals surface area contributed by atoms with E-state index in [1.807, 2.05) is 23.0 Å².